The van der Waals surface area contributed by atoms with Crippen molar-refractivity contribution in [2.45, 2.75) is 31.8 Å². The van der Waals surface area contributed by atoms with E-state index in [0.29, 0.717) is 6.54 Å². The molecule has 0 aromatic carbocycles. The lowest BCUT2D eigenvalue weighted by atomic mass is 10.1. The fraction of sp³-hybridized carbons (Fsp3) is 0.778. The van der Waals surface area contributed by atoms with E-state index in [0.717, 1.165) is 31.7 Å². The van der Waals surface area contributed by atoms with Gasteiger partial charge in [0.05, 0.1) is 6.10 Å². The predicted molar refractivity (Wildman–Crippen MR) is 48.7 cm³/mol. The van der Waals surface area contributed by atoms with Crippen LogP contribution in [0, 0.1) is 0 Å². The fourth-order valence-corrected chi connectivity index (χ4v) is 1.71. The Labute approximate surface area is 77.4 Å². The molecule has 72 valence electrons. The second kappa shape index (κ2) is 3.87. The highest BCUT2D eigenvalue weighted by molar-refractivity contribution is 6.04. The van der Waals surface area contributed by atoms with Crippen molar-refractivity contribution in [1.29, 1.82) is 0 Å². The van der Waals surface area contributed by atoms with Gasteiger partial charge in [-0.2, -0.15) is 0 Å². The van der Waals surface area contributed by atoms with Gasteiger partial charge in [0, 0.05) is 13.0 Å². The second-order valence-corrected chi connectivity index (χ2v) is 3.50. The monoisotopic (exact) mass is 182 g/mol. The van der Waals surface area contributed by atoms with Gasteiger partial charge in [0.1, 0.15) is 12.4 Å². The van der Waals surface area contributed by atoms with Gasteiger partial charge in [0.25, 0.3) is 0 Å². The zero-order valence-corrected chi connectivity index (χ0v) is 7.58. The number of rotatable bonds is 2. The van der Waals surface area contributed by atoms with Crippen LogP contribution in [0.25, 0.3) is 0 Å². The molecule has 1 saturated heterocycles. The molecule has 0 bridgehead atoms. The lowest BCUT2D eigenvalue weighted by Gasteiger charge is -2.22. The molecule has 4 heteroatoms. The number of amidine groups is 1. The van der Waals surface area contributed by atoms with E-state index in [1.54, 1.807) is 0 Å². The molecule has 4 nitrogen and oxygen atoms in total. The van der Waals surface area contributed by atoms with Gasteiger partial charge in [-0.05, 0) is 19.3 Å². The van der Waals surface area contributed by atoms with E-state index in [1.165, 1.54) is 6.42 Å². The first-order valence-electron chi connectivity index (χ1n) is 4.79. The number of carbonyl (C=O) groups excluding carboxylic acids is 1. The Morgan fingerprint density at radius 3 is 3.08 bits per heavy atom. The van der Waals surface area contributed by atoms with Crippen molar-refractivity contribution in [3.8, 4) is 0 Å². The van der Waals surface area contributed by atoms with Crippen LogP contribution in [-0.2, 0) is 9.53 Å². The number of hydrogen-bond acceptors (Lipinski definition) is 3. The molecule has 0 aromatic rings. The number of nitrogens with one attached hydrogen (secondary N) is 1. The quantitative estimate of drug-likeness (QED) is 0.675. The van der Waals surface area contributed by atoms with E-state index in [-0.39, 0.29) is 12.0 Å². The van der Waals surface area contributed by atoms with Crippen LogP contribution < -0.4 is 5.32 Å². The summed E-state index contributed by atoms with van der Waals surface area (Å²) >= 11 is 0. The van der Waals surface area contributed by atoms with Gasteiger partial charge in [-0.15, -0.1) is 0 Å². The van der Waals surface area contributed by atoms with Crippen molar-refractivity contribution in [3.63, 3.8) is 0 Å². The molecule has 1 fully saturated rings. The molecule has 1 unspecified atom stereocenters. The van der Waals surface area contributed by atoms with E-state index in [9.17, 15) is 4.79 Å². The highest BCUT2D eigenvalue weighted by Crippen LogP contribution is 2.16. The van der Waals surface area contributed by atoms with E-state index in [2.05, 4.69) is 10.3 Å². The summed E-state index contributed by atoms with van der Waals surface area (Å²) in [7, 11) is 0. The van der Waals surface area contributed by atoms with Gasteiger partial charge in [0.2, 0.25) is 5.91 Å². The largest absolute Gasteiger partial charge is 0.378 e. The first-order chi connectivity index (χ1) is 6.34. The first kappa shape index (κ1) is 8.69. The number of nitrogens with zero attached hydrogens (tertiary/aromatic N) is 1. The maximum atomic E-state index is 10.8. The summed E-state index contributed by atoms with van der Waals surface area (Å²) in [6, 6.07) is 0. The average Bonchev–Trinajstić information content (AvgIpc) is 2.53. The Morgan fingerprint density at radius 1 is 1.54 bits per heavy atom. The molecular formula is C9H14N2O2. The number of ether oxygens (including phenoxy) is 1. The summed E-state index contributed by atoms with van der Waals surface area (Å²) in [6.45, 7) is 1.15. The van der Waals surface area contributed by atoms with Crippen molar-refractivity contribution in [2.24, 2.45) is 4.99 Å². The van der Waals surface area contributed by atoms with Gasteiger partial charge in [0.15, 0.2) is 0 Å². The van der Waals surface area contributed by atoms with Gasteiger partial charge in [-0.1, -0.05) is 0 Å². The lowest BCUT2D eigenvalue weighted by Crippen LogP contribution is -2.30. The van der Waals surface area contributed by atoms with E-state index < -0.39 is 0 Å². The summed E-state index contributed by atoms with van der Waals surface area (Å²) in [5.74, 6) is 0.808. The summed E-state index contributed by atoms with van der Waals surface area (Å²) < 4.78 is 5.54. The van der Waals surface area contributed by atoms with Crippen LogP contribution in [0.1, 0.15) is 25.7 Å². The van der Waals surface area contributed by atoms with E-state index in [4.69, 9.17) is 4.74 Å². The lowest BCUT2D eigenvalue weighted by molar-refractivity contribution is -0.117. The van der Waals surface area contributed by atoms with Crippen LogP contribution in [0.5, 0.6) is 0 Å². The Morgan fingerprint density at radius 2 is 2.46 bits per heavy atom. The summed E-state index contributed by atoms with van der Waals surface area (Å²) in [5.41, 5.74) is 0. The first-order valence-corrected chi connectivity index (χ1v) is 4.79. The second-order valence-electron chi connectivity index (χ2n) is 3.50. The number of hydrogen-bond donors (Lipinski definition) is 1. The predicted octanol–water partition coefficient (Wildman–Crippen LogP) is 0.474. The zero-order chi connectivity index (χ0) is 9.10. The number of aliphatic imine (C=N–C) groups is 1. The highest BCUT2D eigenvalue weighted by Gasteiger charge is 2.20. The third-order valence-electron chi connectivity index (χ3n) is 2.39. The topological polar surface area (TPSA) is 50.7 Å². The third-order valence-corrected chi connectivity index (χ3v) is 2.39. The molecule has 0 radical (unpaired) electrons. The molecule has 0 aromatic heterocycles. The minimum atomic E-state index is 0.00538. The van der Waals surface area contributed by atoms with E-state index in [1.807, 2.05) is 0 Å². The van der Waals surface area contributed by atoms with Crippen LogP contribution in [0.3, 0.4) is 0 Å². The zero-order valence-electron chi connectivity index (χ0n) is 7.58. The maximum Gasteiger partial charge on any atom is 0.246 e. The molecule has 1 amide bonds. The maximum absolute atomic E-state index is 10.8. The molecule has 13 heavy (non-hydrogen) atoms. The van der Waals surface area contributed by atoms with Crippen molar-refractivity contribution >= 4 is 11.7 Å². The van der Waals surface area contributed by atoms with Crippen LogP contribution in [-0.4, -0.2) is 31.0 Å². The SMILES string of the molecule is O=C1CN=C(CC2CCCCO2)N1. The molecule has 2 heterocycles. The fourth-order valence-electron chi connectivity index (χ4n) is 1.71. The molecule has 0 saturated carbocycles. The molecular weight excluding hydrogens is 168 g/mol. The summed E-state index contributed by atoms with van der Waals surface area (Å²) in [4.78, 5) is 14.9. The summed E-state index contributed by atoms with van der Waals surface area (Å²) in [5, 5.41) is 2.73. The van der Waals surface area contributed by atoms with Gasteiger partial charge < -0.3 is 10.1 Å². The van der Waals surface area contributed by atoms with Crippen LogP contribution in [0.2, 0.25) is 0 Å². The third kappa shape index (κ3) is 2.28. The standard InChI is InChI=1S/C9H14N2O2/c12-9-6-10-8(11-9)5-7-3-1-2-4-13-7/h7H,1-6H2,(H,10,11,12). The highest BCUT2D eigenvalue weighted by atomic mass is 16.5. The Bertz CT molecular complexity index is 232. The smallest absolute Gasteiger partial charge is 0.246 e. The molecule has 0 aliphatic carbocycles. The summed E-state index contributed by atoms with van der Waals surface area (Å²) in [6.07, 6.45) is 4.52. The molecule has 2 aliphatic heterocycles. The molecule has 2 aliphatic rings. The van der Waals surface area contributed by atoms with Crippen LogP contribution >= 0.6 is 0 Å². The minimum absolute atomic E-state index is 0.00538. The molecule has 1 N–H and O–H groups in total. The Kier molecular flexibility index (Phi) is 2.59. The van der Waals surface area contributed by atoms with Gasteiger partial charge >= 0.3 is 0 Å². The van der Waals surface area contributed by atoms with Crippen molar-refractivity contribution in [1.82, 2.24) is 5.32 Å². The van der Waals surface area contributed by atoms with Gasteiger partial charge in [-0.3, -0.25) is 9.79 Å². The molecule has 0 spiro atoms. The molecule has 1 atom stereocenters. The normalized spacial score (nSPS) is 28.5. The van der Waals surface area contributed by atoms with Crippen LogP contribution in [0.15, 0.2) is 4.99 Å². The minimum Gasteiger partial charge on any atom is -0.378 e. The van der Waals surface area contributed by atoms with Crippen LogP contribution in [0.4, 0.5) is 0 Å². The average molecular weight is 182 g/mol. The Balaban J connectivity index is 1.80. The van der Waals surface area contributed by atoms with E-state index >= 15 is 0 Å². The van der Waals surface area contributed by atoms with Gasteiger partial charge in [-0.25, -0.2) is 0 Å². The number of amides is 1. The Hall–Kier alpha value is -0.900. The van der Waals surface area contributed by atoms with Crippen molar-refractivity contribution in [2.75, 3.05) is 13.2 Å². The van der Waals surface area contributed by atoms with Crippen molar-refractivity contribution in [3.05, 3.63) is 0 Å². The number of carbonyl (C=O) groups is 1. The molecule has 2 rings (SSSR count). The van der Waals surface area contributed by atoms with Crippen molar-refractivity contribution < 1.29 is 9.53 Å².